The van der Waals surface area contributed by atoms with E-state index in [1.54, 1.807) is 5.88 Å². The molecule has 0 saturated carbocycles. The van der Waals surface area contributed by atoms with E-state index >= 15 is 0 Å². The fourth-order valence-corrected chi connectivity index (χ4v) is 0. The van der Waals surface area contributed by atoms with Crippen LogP contribution in [0.5, 0.6) is 0 Å². The van der Waals surface area contributed by atoms with Crippen LogP contribution in [0.25, 0.3) is 0 Å². The second kappa shape index (κ2) is 1.83. The highest BCUT2D eigenvalue weighted by Crippen LogP contribution is 2.18. The predicted octanol–water partition coefficient (Wildman–Crippen LogP) is 2.43. The monoisotopic (exact) mass is 105 g/mol. The van der Waals surface area contributed by atoms with Crippen molar-refractivity contribution in [1.29, 1.82) is 0 Å². The van der Waals surface area contributed by atoms with Gasteiger partial charge in [0.1, 0.15) is 0 Å². The molecule has 0 unspecified atom stereocenters. The molecule has 6 heavy (non-hydrogen) atoms. The summed E-state index contributed by atoms with van der Waals surface area (Å²) in [5.74, 6) is 1.66. The minimum atomic E-state index is 0.182. The van der Waals surface area contributed by atoms with Gasteiger partial charge < -0.3 is 0 Å². The first-order chi connectivity index (χ1) is 2.56. The van der Waals surface area contributed by atoms with Crippen molar-refractivity contribution in [3.05, 3.63) is 5.88 Å². The normalized spacial score (nSPS) is 12.0. The molecule has 0 N–H and O–H groups in total. The van der Waals surface area contributed by atoms with Gasteiger partial charge in [-0.05, 0) is 5.41 Å². The smallest absolute Gasteiger partial charge is 0.0553 e. The van der Waals surface area contributed by atoms with E-state index < -0.39 is 0 Å². The van der Waals surface area contributed by atoms with Gasteiger partial charge in [-0.3, -0.25) is 0 Å². The van der Waals surface area contributed by atoms with Crippen molar-refractivity contribution in [2.75, 3.05) is 0 Å². The first-order valence-electron chi connectivity index (χ1n) is 2.01. The SMILES string of the molecule is CC(C)(C)[CH]Cl. The summed E-state index contributed by atoms with van der Waals surface area (Å²) in [6.45, 7) is 6.17. The summed E-state index contributed by atoms with van der Waals surface area (Å²) in [6, 6.07) is 0. The summed E-state index contributed by atoms with van der Waals surface area (Å²) < 4.78 is 0. The minimum Gasteiger partial charge on any atom is -0.121 e. The van der Waals surface area contributed by atoms with E-state index in [0.29, 0.717) is 0 Å². The zero-order valence-electron chi connectivity index (χ0n) is 4.46. The Bertz CT molecular complexity index is 33.7. The van der Waals surface area contributed by atoms with E-state index in [1.165, 1.54) is 0 Å². The van der Waals surface area contributed by atoms with E-state index in [4.69, 9.17) is 11.6 Å². The molecule has 0 aliphatic carbocycles. The zero-order valence-corrected chi connectivity index (χ0v) is 5.21. The average molecular weight is 106 g/mol. The van der Waals surface area contributed by atoms with Crippen LogP contribution in [0, 0.1) is 11.3 Å². The summed E-state index contributed by atoms with van der Waals surface area (Å²) in [4.78, 5) is 0. The maximum atomic E-state index is 5.35. The van der Waals surface area contributed by atoms with Gasteiger partial charge in [0.05, 0.1) is 5.88 Å². The number of hydrogen-bond acceptors (Lipinski definition) is 0. The van der Waals surface area contributed by atoms with Gasteiger partial charge in [0, 0.05) is 0 Å². The van der Waals surface area contributed by atoms with Crippen LogP contribution >= 0.6 is 11.6 Å². The third kappa shape index (κ3) is 4.29. The molecule has 0 amide bonds. The summed E-state index contributed by atoms with van der Waals surface area (Å²) in [7, 11) is 0. The topological polar surface area (TPSA) is 0 Å². The van der Waals surface area contributed by atoms with E-state index in [9.17, 15) is 0 Å². The molecular weight excluding hydrogens is 95.5 g/mol. The van der Waals surface area contributed by atoms with Crippen LogP contribution in [0.15, 0.2) is 0 Å². The van der Waals surface area contributed by atoms with Gasteiger partial charge in [-0.1, -0.05) is 20.8 Å². The third-order valence-electron chi connectivity index (χ3n) is 0.327. The lowest BCUT2D eigenvalue weighted by atomic mass is 10.0. The molecule has 1 radical (unpaired) electrons. The third-order valence-corrected chi connectivity index (χ3v) is 0.982. The van der Waals surface area contributed by atoms with Crippen LogP contribution in [0.4, 0.5) is 0 Å². The van der Waals surface area contributed by atoms with Gasteiger partial charge in [0.15, 0.2) is 0 Å². The second-order valence-electron chi connectivity index (χ2n) is 2.48. The molecule has 0 heterocycles. The van der Waals surface area contributed by atoms with E-state index in [1.807, 2.05) is 0 Å². The molecule has 0 aromatic rings. The lowest BCUT2D eigenvalue weighted by Gasteiger charge is -2.10. The lowest BCUT2D eigenvalue weighted by Crippen LogP contribution is -1.99. The number of halogens is 1. The average Bonchev–Trinajstić information content (AvgIpc) is 1.35. The Kier molecular flexibility index (Phi) is 1.92. The van der Waals surface area contributed by atoms with Crippen molar-refractivity contribution in [2.24, 2.45) is 5.41 Å². The summed E-state index contributed by atoms with van der Waals surface area (Å²) >= 11 is 5.35. The Morgan fingerprint density at radius 2 is 1.50 bits per heavy atom. The highest BCUT2D eigenvalue weighted by Gasteiger charge is 2.05. The van der Waals surface area contributed by atoms with Crippen LogP contribution in [0.1, 0.15) is 20.8 Å². The molecule has 0 spiro atoms. The molecule has 1 heteroatoms. The van der Waals surface area contributed by atoms with Crippen LogP contribution in [0.3, 0.4) is 0 Å². The quantitative estimate of drug-likeness (QED) is 0.444. The summed E-state index contributed by atoms with van der Waals surface area (Å²) in [5, 5.41) is 0. The second-order valence-corrected chi connectivity index (χ2v) is 2.69. The van der Waals surface area contributed by atoms with Gasteiger partial charge in [0.2, 0.25) is 0 Å². The molecule has 0 rings (SSSR count). The van der Waals surface area contributed by atoms with Crippen molar-refractivity contribution < 1.29 is 0 Å². The van der Waals surface area contributed by atoms with Crippen LogP contribution in [0.2, 0.25) is 0 Å². The molecule has 0 aromatic carbocycles. The number of rotatable bonds is 0. The van der Waals surface area contributed by atoms with Gasteiger partial charge >= 0.3 is 0 Å². The van der Waals surface area contributed by atoms with Crippen LogP contribution in [-0.4, -0.2) is 0 Å². The minimum absolute atomic E-state index is 0.182. The maximum Gasteiger partial charge on any atom is 0.0553 e. The van der Waals surface area contributed by atoms with E-state index in [2.05, 4.69) is 20.8 Å². The highest BCUT2D eigenvalue weighted by molar-refractivity contribution is 6.23. The fraction of sp³-hybridized carbons (Fsp3) is 0.800. The molecule has 0 atom stereocenters. The Morgan fingerprint density at radius 3 is 1.50 bits per heavy atom. The molecule has 0 aliphatic heterocycles. The predicted molar refractivity (Wildman–Crippen MR) is 29.6 cm³/mol. The number of hydrogen-bond donors (Lipinski definition) is 0. The maximum absolute atomic E-state index is 5.35. The van der Waals surface area contributed by atoms with Gasteiger partial charge in [-0.15, -0.1) is 11.6 Å². The Labute approximate surface area is 44.5 Å². The molecule has 0 aliphatic rings. The van der Waals surface area contributed by atoms with Gasteiger partial charge in [0.25, 0.3) is 0 Å². The van der Waals surface area contributed by atoms with Crippen LogP contribution < -0.4 is 0 Å². The first kappa shape index (κ1) is 6.29. The Morgan fingerprint density at radius 1 is 1.33 bits per heavy atom. The first-order valence-corrected chi connectivity index (χ1v) is 2.44. The molecule has 0 bridgehead atoms. The highest BCUT2D eigenvalue weighted by atomic mass is 35.5. The Hall–Kier alpha value is 0.290. The largest absolute Gasteiger partial charge is 0.121 e. The molecule has 0 aromatic heterocycles. The van der Waals surface area contributed by atoms with Crippen molar-refractivity contribution in [3.63, 3.8) is 0 Å². The standard InChI is InChI=1S/C5H10Cl/c1-5(2,3)4-6/h4H,1-3H3. The molecular formula is C5H10Cl. The van der Waals surface area contributed by atoms with E-state index in [0.717, 1.165) is 0 Å². The van der Waals surface area contributed by atoms with Crippen molar-refractivity contribution in [2.45, 2.75) is 20.8 Å². The van der Waals surface area contributed by atoms with Crippen LogP contribution in [-0.2, 0) is 0 Å². The van der Waals surface area contributed by atoms with Crippen molar-refractivity contribution in [1.82, 2.24) is 0 Å². The molecule has 0 nitrogen and oxygen atoms in total. The molecule has 0 fully saturated rings. The van der Waals surface area contributed by atoms with Crippen molar-refractivity contribution >= 4 is 11.6 Å². The fourth-order valence-electron chi connectivity index (χ4n) is 0. The van der Waals surface area contributed by atoms with Gasteiger partial charge in [-0.2, -0.15) is 0 Å². The Balaban J connectivity index is 3.17. The van der Waals surface area contributed by atoms with Gasteiger partial charge in [-0.25, -0.2) is 0 Å². The van der Waals surface area contributed by atoms with E-state index in [-0.39, 0.29) is 5.41 Å². The lowest BCUT2D eigenvalue weighted by molar-refractivity contribution is 0.524. The molecule has 37 valence electrons. The summed E-state index contributed by atoms with van der Waals surface area (Å²) in [5.41, 5.74) is 0.182. The summed E-state index contributed by atoms with van der Waals surface area (Å²) in [6.07, 6.45) is 0. The van der Waals surface area contributed by atoms with Crippen molar-refractivity contribution in [3.8, 4) is 0 Å². The molecule has 0 saturated heterocycles. The zero-order chi connectivity index (χ0) is 5.21.